The molecule has 0 saturated carbocycles. The van der Waals surface area contributed by atoms with E-state index in [0.717, 1.165) is 30.3 Å². The third-order valence-corrected chi connectivity index (χ3v) is 3.66. The van der Waals surface area contributed by atoms with E-state index in [2.05, 4.69) is 0 Å². The van der Waals surface area contributed by atoms with Crippen LogP contribution in [0.2, 0.25) is 0 Å². The molecule has 0 heterocycles. The van der Waals surface area contributed by atoms with Crippen molar-refractivity contribution in [3.63, 3.8) is 0 Å². The Morgan fingerprint density at radius 3 is 2.25 bits per heavy atom. The van der Waals surface area contributed by atoms with Crippen molar-refractivity contribution >= 4 is 11.4 Å². The summed E-state index contributed by atoms with van der Waals surface area (Å²) in [7, 11) is 3.09. The second-order valence-electron chi connectivity index (χ2n) is 5.43. The topological polar surface area (TPSA) is 66.6 Å². The molecule has 0 spiro atoms. The summed E-state index contributed by atoms with van der Waals surface area (Å²) in [6.07, 6.45) is -5.08. The average Bonchev–Trinajstić information content (AvgIpc) is 2.53. The lowest BCUT2D eigenvalue weighted by atomic mass is 9.84. The fraction of sp³-hybridized carbons (Fsp3) is 0.250. The van der Waals surface area contributed by atoms with Gasteiger partial charge in [-0.15, -0.1) is 0 Å². The van der Waals surface area contributed by atoms with E-state index in [1.165, 1.54) is 17.0 Å². The highest BCUT2D eigenvalue weighted by atomic mass is 19.4. The van der Waals surface area contributed by atoms with Crippen LogP contribution in [-0.2, 0) is 5.60 Å². The van der Waals surface area contributed by atoms with Crippen molar-refractivity contribution in [2.75, 3.05) is 19.0 Å². The first kappa shape index (κ1) is 17.7. The van der Waals surface area contributed by atoms with Gasteiger partial charge in [-0.05, 0) is 6.07 Å². The number of nitro groups is 1. The van der Waals surface area contributed by atoms with Crippen molar-refractivity contribution in [1.82, 2.24) is 0 Å². The van der Waals surface area contributed by atoms with Gasteiger partial charge in [0.1, 0.15) is 0 Å². The lowest BCUT2D eigenvalue weighted by Crippen LogP contribution is -2.44. The molecule has 0 aromatic heterocycles. The van der Waals surface area contributed by atoms with Gasteiger partial charge in [0.05, 0.1) is 4.92 Å². The number of non-ortho nitro benzene ring substituents is 1. The number of anilines is 1. The number of hydrogen-bond donors (Lipinski definition) is 1. The number of halogens is 3. The molecule has 1 unspecified atom stereocenters. The summed E-state index contributed by atoms with van der Waals surface area (Å²) in [6, 6.07) is 9.44. The number of alkyl halides is 3. The molecule has 2 aromatic rings. The molecule has 1 N–H and O–H groups in total. The fourth-order valence-corrected chi connectivity index (χ4v) is 2.49. The largest absolute Gasteiger partial charge is 0.425 e. The zero-order chi connectivity index (χ0) is 18.1. The summed E-state index contributed by atoms with van der Waals surface area (Å²) >= 11 is 0. The first-order valence-corrected chi connectivity index (χ1v) is 6.90. The Bertz CT molecular complexity index is 762. The number of nitro benzene ring substituents is 1. The number of benzene rings is 2. The van der Waals surface area contributed by atoms with E-state index in [4.69, 9.17) is 0 Å². The Morgan fingerprint density at radius 1 is 1.08 bits per heavy atom. The predicted octanol–water partition coefficient (Wildman–Crippen LogP) is 3.46. The van der Waals surface area contributed by atoms with E-state index in [1.807, 2.05) is 0 Å². The normalized spacial score (nSPS) is 14.1. The van der Waals surface area contributed by atoms with Gasteiger partial charge in [0.2, 0.25) is 5.60 Å². The van der Waals surface area contributed by atoms with Crippen LogP contribution in [0.4, 0.5) is 24.5 Å². The minimum atomic E-state index is -5.08. The molecule has 0 fully saturated rings. The van der Waals surface area contributed by atoms with Crippen molar-refractivity contribution in [3.05, 3.63) is 69.8 Å². The van der Waals surface area contributed by atoms with Gasteiger partial charge in [-0.1, -0.05) is 30.3 Å². The number of rotatable bonds is 4. The summed E-state index contributed by atoms with van der Waals surface area (Å²) in [5.41, 5.74) is -4.76. The van der Waals surface area contributed by atoms with Crippen LogP contribution in [0.1, 0.15) is 11.1 Å². The Balaban J connectivity index is 2.79. The maximum absolute atomic E-state index is 13.8. The minimum absolute atomic E-state index is 0.156. The van der Waals surface area contributed by atoms with E-state index in [0.29, 0.717) is 0 Å². The van der Waals surface area contributed by atoms with Crippen molar-refractivity contribution in [1.29, 1.82) is 0 Å². The molecule has 0 aliphatic carbocycles. The molecule has 128 valence electrons. The molecule has 0 aliphatic rings. The van der Waals surface area contributed by atoms with Crippen molar-refractivity contribution in [3.8, 4) is 0 Å². The molecule has 0 radical (unpaired) electrons. The molecule has 0 amide bonds. The van der Waals surface area contributed by atoms with Gasteiger partial charge in [0, 0.05) is 43.0 Å². The first-order valence-electron chi connectivity index (χ1n) is 6.90. The van der Waals surface area contributed by atoms with Crippen LogP contribution in [0.3, 0.4) is 0 Å². The van der Waals surface area contributed by atoms with Gasteiger partial charge in [-0.2, -0.15) is 13.2 Å². The highest BCUT2D eigenvalue weighted by Gasteiger charge is 2.57. The number of hydrogen-bond acceptors (Lipinski definition) is 4. The summed E-state index contributed by atoms with van der Waals surface area (Å²) < 4.78 is 41.4. The van der Waals surface area contributed by atoms with E-state index in [-0.39, 0.29) is 5.69 Å². The lowest BCUT2D eigenvalue weighted by molar-refractivity contribution is -0.385. The molecule has 0 bridgehead atoms. The summed E-state index contributed by atoms with van der Waals surface area (Å²) in [4.78, 5) is 11.5. The van der Waals surface area contributed by atoms with Crippen LogP contribution in [0.25, 0.3) is 0 Å². The van der Waals surface area contributed by atoms with Crippen molar-refractivity contribution in [2.24, 2.45) is 0 Å². The van der Waals surface area contributed by atoms with Crippen LogP contribution in [0.15, 0.2) is 48.5 Å². The van der Waals surface area contributed by atoms with Gasteiger partial charge in [-0.3, -0.25) is 10.1 Å². The Hall–Kier alpha value is -2.61. The van der Waals surface area contributed by atoms with E-state index < -0.39 is 33.5 Å². The van der Waals surface area contributed by atoms with Gasteiger partial charge in [0.25, 0.3) is 5.69 Å². The van der Waals surface area contributed by atoms with Crippen molar-refractivity contribution < 1.29 is 23.2 Å². The molecule has 0 saturated heterocycles. The van der Waals surface area contributed by atoms with Gasteiger partial charge < -0.3 is 10.0 Å². The first-order chi connectivity index (χ1) is 11.1. The standard InChI is InChI=1S/C16H15F3N2O3/c1-20(2)14-9-4-3-8-13(14)15(22,16(17,18)19)11-6-5-7-12(10-11)21(23)24/h3-10,22H,1-2H3. The summed E-state index contributed by atoms with van der Waals surface area (Å²) in [5.74, 6) is 0. The Kier molecular flexibility index (Phi) is 4.52. The number of para-hydroxylation sites is 1. The molecule has 24 heavy (non-hydrogen) atoms. The molecule has 2 aromatic carbocycles. The molecule has 1 atom stereocenters. The zero-order valence-electron chi connectivity index (χ0n) is 12.9. The molecular weight excluding hydrogens is 325 g/mol. The summed E-state index contributed by atoms with van der Waals surface area (Å²) in [6.45, 7) is 0. The van der Waals surface area contributed by atoms with E-state index in [9.17, 15) is 28.4 Å². The second kappa shape index (κ2) is 6.12. The maximum Gasteiger partial charge on any atom is 0.425 e. The van der Waals surface area contributed by atoms with Gasteiger partial charge in [0.15, 0.2) is 0 Å². The molecule has 5 nitrogen and oxygen atoms in total. The van der Waals surface area contributed by atoms with Crippen LogP contribution in [0.5, 0.6) is 0 Å². The second-order valence-corrected chi connectivity index (χ2v) is 5.43. The Labute approximate surface area is 136 Å². The molecule has 8 heteroatoms. The molecule has 2 rings (SSSR count). The molecular formula is C16H15F3N2O3. The quantitative estimate of drug-likeness (QED) is 0.684. The third kappa shape index (κ3) is 2.92. The smallest absolute Gasteiger partial charge is 0.377 e. The average molecular weight is 340 g/mol. The third-order valence-electron chi connectivity index (χ3n) is 3.66. The summed E-state index contributed by atoms with van der Waals surface area (Å²) in [5, 5.41) is 21.5. The van der Waals surface area contributed by atoms with Crippen molar-refractivity contribution in [2.45, 2.75) is 11.8 Å². The van der Waals surface area contributed by atoms with Crippen LogP contribution < -0.4 is 4.90 Å². The predicted molar refractivity (Wildman–Crippen MR) is 82.9 cm³/mol. The lowest BCUT2D eigenvalue weighted by Gasteiger charge is -2.34. The van der Waals surface area contributed by atoms with E-state index >= 15 is 0 Å². The zero-order valence-corrected chi connectivity index (χ0v) is 12.9. The Morgan fingerprint density at radius 2 is 1.71 bits per heavy atom. The van der Waals surface area contributed by atoms with Crippen LogP contribution in [0, 0.1) is 10.1 Å². The minimum Gasteiger partial charge on any atom is -0.377 e. The van der Waals surface area contributed by atoms with Crippen LogP contribution in [-0.4, -0.2) is 30.3 Å². The van der Waals surface area contributed by atoms with E-state index in [1.54, 1.807) is 20.2 Å². The number of nitrogens with zero attached hydrogens (tertiary/aromatic N) is 2. The highest BCUT2D eigenvalue weighted by molar-refractivity contribution is 5.59. The molecule has 0 aliphatic heterocycles. The van der Waals surface area contributed by atoms with Gasteiger partial charge >= 0.3 is 6.18 Å². The number of aliphatic hydroxyl groups is 1. The fourth-order valence-electron chi connectivity index (χ4n) is 2.49. The SMILES string of the molecule is CN(C)c1ccccc1C(O)(c1cccc([N+](=O)[O-])c1)C(F)(F)F. The highest BCUT2D eigenvalue weighted by Crippen LogP contribution is 2.47. The van der Waals surface area contributed by atoms with Crippen LogP contribution >= 0.6 is 0 Å². The monoisotopic (exact) mass is 340 g/mol. The van der Waals surface area contributed by atoms with Gasteiger partial charge in [-0.25, -0.2) is 0 Å². The maximum atomic E-state index is 13.8.